The monoisotopic (exact) mass is 176 g/mol. The van der Waals surface area contributed by atoms with Gasteiger partial charge in [-0.1, -0.05) is 13.3 Å². The zero-order chi connectivity index (χ0) is 9.68. The molecular weight excluding hydrogens is 160 g/mol. The van der Waals surface area contributed by atoms with E-state index in [0.717, 1.165) is 24.2 Å². The summed E-state index contributed by atoms with van der Waals surface area (Å²) in [7, 11) is 0. The molecule has 0 aliphatic carbocycles. The lowest BCUT2D eigenvalue weighted by atomic mass is 10.2. The third kappa shape index (κ3) is 2.65. The topological polar surface area (TPSA) is 25.2 Å². The van der Waals surface area contributed by atoms with Crippen LogP contribution in [0.25, 0.3) is 0 Å². The first-order chi connectivity index (χ1) is 6.25. The maximum Gasteiger partial charge on any atom is 0.0867 e. The molecule has 0 aliphatic rings. The van der Waals surface area contributed by atoms with Gasteiger partial charge in [-0.15, -0.1) is 0 Å². The zero-order valence-electron chi connectivity index (χ0n) is 8.54. The number of pyridine rings is 1. The van der Waals surface area contributed by atoms with Gasteiger partial charge < -0.3 is 0 Å². The minimum Gasteiger partial charge on any atom is -0.259 e. The van der Waals surface area contributed by atoms with Crippen molar-refractivity contribution in [1.29, 1.82) is 0 Å². The molecule has 0 radical (unpaired) electrons. The molecule has 0 atom stereocenters. The first-order valence-electron chi connectivity index (χ1n) is 4.70. The number of hydrogen-bond acceptors (Lipinski definition) is 2. The first kappa shape index (κ1) is 9.90. The molecule has 0 aromatic carbocycles. The van der Waals surface area contributed by atoms with Gasteiger partial charge in [0.2, 0.25) is 0 Å². The highest BCUT2D eigenvalue weighted by Crippen LogP contribution is 2.20. The van der Waals surface area contributed by atoms with Crippen LogP contribution in [-0.4, -0.2) is 11.2 Å². The molecule has 0 fully saturated rings. The van der Waals surface area contributed by atoms with Crippen LogP contribution in [0.2, 0.25) is 0 Å². The van der Waals surface area contributed by atoms with Crippen molar-refractivity contribution in [3.05, 3.63) is 23.5 Å². The third-order valence-electron chi connectivity index (χ3n) is 1.95. The van der Waals surface area contributed by atoms with E-state index in [4.69, 9.17) is 0 Å². The second-order valence-corrected chi connectivity index (χ2v) is 3.16. The van der Waals surface area contributed by atoms with E-state index in [0.29, 0.717) is 0 Å². The number of hydrogen-bond donors (Lipinski definition) is 0. The predicted molar refractivity (Wildman–Crippen MR) is 56.8 cm³/mol. The summed E-state index contributed by atoms with van der Waals surface area (Å²) in [6, 6.07) is 1.99. The Kier molecular flexibility index (Phi) is 3.62. The van der Waals surface area contributed by atoms with Crippen LogP contribution in [0.15, 0.2) is 17.3 Å². The van der Waals surface area contributed by atoms with Crippen molar-refractivity contribution >= 4 is 11.9 Å². The summed E-state index contributed by atoms with van der Waals surface area (Å²) in [5, 5.41) is 0. The number of aryl methyl sites for hydroxylation is 2. The molecule has 0 spiro atoms. The van der Waals surface area contributed by atoms with Crippen molar-refractivity contribution in [2.75, 3.05) is 0 Å². The fourth-order valence-electron chi connectivity index (χ4n) is 1.17. The summed E-state index contributed by atoms with van der Waals surface area (Å²) in [6.07, 6.45) is 5.97. The van der Waals surface area contributed by atoms with E-state index in [1.54, 1.807) is 0 Å². The summed E-state index contributed by atoms with van der Waals surface area (Å²) in [4.78, 5) is 8.61. The number of nitrogens with zero attached hydrogens (tertiary/aromatic N) is 2. The molecule has 70 valence electrons. The molecule has 1 heterocycles. The highest BCUT2D eigenvalue weighted by Gasteiger charge is 1.98. The molecule has 2 nitrogen and oxygen atoms in total. The normalized spacial score (nSPS) is 11.0. The maximum atomic E-state index is 4.41. The highest BCUT2D eigenvalue weighted by atomic mass is 14.8. The van der Waals surface area contributed by atoms with Crippen molar-refractivity contribution in [2.24, 2.45) is 4.99 Å². The van der Waals surface area contributed by atoms with E-state index < -0.39 is 0 Å². The molecule has 0 saturated carbocycles. The predicted octanol–water partition coefficient (Wildman–Crippen LogP) is 3.20. The molecule has 0 N–H and O–H groups in total. The minimum absolute atomic E-state index is 1.01. The first-order valence-corrected chi connectivity index (χ1v) is 4.70. The SMILES string of the molecule is CCCC=Nc1c(C)ccnc1C. The molecular formula is C11H16N2. The highest BCUT2D eigenvalue weighted by molar-refractivity contribution is 5.65. The van der Waals surface area contributed by atoms with Gasteiger partial charge in [0, 0.05) is 12.4 Å². The number of aromatic nitrogens is 1. The summed E-state index contributed by atoms with van der Waals surface area (Å²) >= 11 is 0. The quantitative estimate of drug-likeness (QED) is 0.649. The Morgan fingerprint density at radius 2 is 2.23 bits per heavy atom. The largest absolute Gasteiger partial charge is 0.259 e. The Morgan fingerprint density at radius 1 is 1.46 bits per heavy atom. The summed E-state index contributed by atoms with van der Waals surface area (Å²) in [5.74, 6) is 0. The molecule has 0 aliphatic heterocycles. The smallest absolute Gasteiger partial charge is 0.0867 e. The minimum atomic E-state index is 1.01. The van der Waals surface area contributed by atoms with Gasteiger partial charge in [0.25, 0.3) is 0 Å². The number of rotatable bonds is 3. The van der Waals surface area contributed by atoms with E-state index in [1.165, 1.54) is 5.56 Å². The fraction of sp³-hybridized carbons (Fsp3) is 0.455. The van der Waals surface area contributed by atoms with Gasteiger partial charge in [0.15, 0.2) is 0 Å². The van der Waals surface area contributed by atoms with Gasteiger partial charge in [-0.05, 0) is 31.9 Å². The van der Waals surface area contributed by atoms with Crippen molar-refractivity contribution in [3.8, 4) is 0 Å². The van der Waals surface area contributed by atoms with Gasteiger partial charge >= 0.3 is 0 Å². The van der Waals surface area contributed by atoms with Crippen LogP contribution in [0.4, 0.5) is 5.69 Å². The average molecular weight is 176 g/mol. The van der Waals surface area contributed by atoms with Crippen LogP contribution in [0, 0.1) is 13.8 Å². The Labute approximate surface area is 79.7 Å². The van der Waals surface area contributed by atoms with E-state index in [-0.39, 0.29) is 0 Å². The van der Waals surface area contributed by atoms with Gasteiger partial charge in [-0.25, -0.2) is 0 Å². The second-order valence-electron chi connectivity index (χ2n) is 3.16. The fourth-order valence-corrected chi connectivity index (χ4v) is 1.17. The van der Waals surface area contributed by atoms with Crippen molar-refractivity contribution in [3.63, 3.8) is 0 Å². The van der Waals surface area contributed by atoms with E-state index in [9.17, 15) is 0 Å². The molecule has 2 heteroatoms. The summed E-state index contributed by atoms with van der Waals surface area (Å²) < 4.78 is 0. The van der Waals surface area contributed by atoms with Crippen LogP contribution >= 0.6 is 0 Å². The zero-order valence-corrected chi connectivity index (χ0v) is 8.54. The van der Waals surface area contributed by atoms with Crippen LogP contribution in [0.1, 0.15) is 31.0 Å². The van der Waals surface area contributed by atoms with E-state index >= 15 is 0 Å². The van der Waals surface area contributed by atoms with Crippen molar-refractivity contribution in [2.45, 2.75) is 33.6 Å². The van der Waals surface area contributed by atoms with Crippen molar-refractivity contribution in [1.82, 2.24) is 4.98 Å². The van der Waals surface area contributed by atoms with Crippen LogP contribution in [0.5, 0.6) is 0 Å². The molecule has 1 rings (SSSR count). The van der Waals surface area contributed by atoms with Crippen LogP contribution in [0.3, 0.4) is 0 Å². The Morgan fingerprint density at radius 3 is 2.85 bits per heavy atom. The van der Waals surface area contributed by atoms with Crippen LogP contribution in [-0.2, 0) is 0 Å². The Hall–Kier alpha value is -1.18. The van der Waals surface area contributed by atoms with Crippen LogP contribution < -0.4 is 0 Å². The average Bonchev–Trinajstić information content (AvgIpc) is 2.10. The summed E-state index contributed by atoms with van der Waals surface area (Å²) in [6.45, 7) is 6.20. The molecule has 0 unspecified atom stereocenters. The number of aliphatic imine (C=N–C) groups is 1. The lowest BCUT2D eigenvalue weighted by molar-refractivity contribution is 1.01. The molecule has 1 aromatic heterocycles. The van der Waals surface area contributed by atoms with Gasteiger partial charge in [0.05, 0.1) is 11.4 Å². The Balaban J connectivity index is 2.87. The summed E-state index contributed by atoms with van der Waals surface area (Å²) in [5.41, 5.74) is 3.23. The van der Waals surface area contributed by atoms with Gasteiger partial charge in [0.1, 0.15) is 0 Å². The molecule has 1 aromatic rings. The third-order valence-corrected chi connectivity index (χ3v) is 1.95. The van der Waals surface area contributed by atoms with Crippen molar-refractivity contribution < 1.29 is 0 Å². The van der Waals surface area contributed by atoms with E-state index in [1.807, 2.05) is 25.4 Å². The second kappa shape index (κ2) is 4.75. The standard InChI is InChI=1S/C11H16N2/c1-4-5-7-13-11-9(2)6-8-12-10(11)3/h6-8H,4-5H2,1-3H3. The maximum absolute atomic E-state index is 4.41. The lowest BCUT2D eigenvalue weighted by Gasteiger charge is -2.01. The molecule has 0 saturated heterocycles. The van der Waals surface area contributed by atoms with E-state index in [2.05, 4.69) is 23.8 Å². The van der Waals surface area contributed by atoms with Gasteiger partial charge in [-0.3, -0.25) is 9.98 Å². The Bertz CT molecular complexity index is 283. The van der Waals surface area contributed by atoms with Gasteiger partial charge in [-0.2, -0.15) is 0 Å². The molecule has 0 bridgehead atoms. The molecule has 0 amide bonds. The molecule has 13 heavy (non-hydrogen) atoms. The number of unbranched alkanes of at least 4 members (excludes halogenated alkanes) is 1. The lowest BCUT2D eigenvalue weighted by Crippen LogP contribution is -1.85.